The molecule has 0 saturated heterocycles. The molecule has 0 fully saturated rings. The molecule has 0 radical (unpaired) electrons. The Morgan fingerprint density at radius 2 is 1.75 bits per heavy atom. The van der Waals surface area contributed by atoms with Crippen molar-refractivity contribution in [2.45, 2.75) is 13.0 Å². The van der Waals surface area contributed by atoms with E-state index in [0.29, 0.717) is 10.8 Å². The second-order valence-corrected chi connectivity index (χ2v) is 4.71. The highest BCUT2D eigenvalue weighted by Gasteiger charge is 2.15. The number of benzene rings is 2. The zero-order chi connectivity index (χ0) is 14.4. The van der Waals surface area contributed by atoms with Gasteiger partial charge in [-0.15, -0.1) is 0 Å². The first-order chi connectivity index (χ1) is 9.65. The number of carbonyl (C=O) groups is 1. The van der Waals surface area contributed by atoms with Crippen LogP contribution in [0.1, 0.15) is 18.6 Å². The lowest BCUT2D eigenvalue weighted by molar-refractivity contribution is -0.143. The van der Waals surface area contributed by atoms with Gasteiger partial charge in [0.1, 0.15) is 12.4 Å². The van der Waals surface area contributed by atoms with Crippen LogP contribution >= 0.6 is 11.6 Å². The van der Waals surface area contributed by atoms with Crippen molar-refractivity contribution in [3.05, 3.63) is 65.2 Å². The van der Waals surface area contributed by atoms with E-state index in [0.717, 1.165) is 5.56 Å². The summed E-state index contributed by atoms with van der Waals surface area (Å²) in [4.78, 5) is 11.0. The second kappa shape index (κ2) is 6.96. The van der Waals surface area contributed by atoms with Gasteiger partial charge < -0.3 is 9.47 Å². The molecule has 0 amide bonds. The Morgan fingerprint density at radius 3 is 2.35 bits per heavy atom. The van der Waals surface area contributed by atoms with Gasteiger partial charge in [-0.25, -0.2) is 0 Å². The molecule has 1 atom stereocenters. The molecule has 0 bridgehead atoms. The second-order valence-electron chi connectivity index (χ2n) is 4.27. The molecule has 2 aromatic rings. The fourth-order valence-corrected chi connectivity index (χ4v) is 1.86. The van der Waals surface area contributed by atoms with Crippen molar-refractivity contribution in [2.75, 3.05) is 6.61 Å². The standard InChI is InChI=1S/C16H15ClO3/c1-12(18)19-11-16(13-5-3-2-4-6-13)20-15-9-7-14(17)8-10-15/h2-10,16H,11H2,1H3. The van der Waals surface area contributed by atoms with Gasteiger partial charge in [0.25, 0.3) is 0 Å². The number of carbonyl (C=O) groups excluding carboxylic acids is 1. The lowest BCUT2D eigenvalue weighted by Crippen LogP contribution is -2.16. The van der Waals surface area contributed by atoms with Gasteiger partial charge in [0.15, 0.2) is 6.10 Å². The van der Waals surface area contributed by atoms with Crippen LogP contribution in [-0.2, 0) is 9.53 Å². The first-order valence-corrected chi connectivity index (χ1v) is 6.63. The first kappa shape index (κ1) is 14.4. The molecule has 0 aliphatic carbocycles. The fraction of sp³-hybridized carbons (Fsp3) is 0.188. The maximum Gasteiger partial charge on any atom is 0.302 e. The van der Waals surface area contributed by atoms with E-state index in [1.807, 2.05) is 30.3 Å². The number of esters is 1. The highest BCUT2D eigenvalue weighted by molar-refractivity contribution is 6.30. The zero-order valence-corrected chi connectivity index (χ0v) is 11.8. The molecule has 20 heavy (non-hydrogen) atoms. The van der Waals surface area contributed by atoms with Crippen LogP contribution in [0.25, 0.3) is 0 Å². The summed E-state index contributed by atoms with van der Waals surface area (Å²) in [5.74, 6) is 0.348. The lowest BCUT2D eigenvalue weighted by Gasteiger charge is -2.19. The smallest absolute Gasteiger partial charge is 0.302 e. The maximum atomic E-state index is 11.0. The average molecular weight is 291 g/mol. The molecule has 0 aliphatic heterocycles. The zero-order valence-electron chi connectivity index (χ0n) is 11.1. The van der Waals surface area contributed by atoms with Crippen LogP contribution < -0.4 is 4.74 Å². The number of ether oxygens (including phenoxy) is 2. The van der Waals surface area contributed by atoms with Crippen LogP contribution in [0.3, 0.4) is 0 Å². The molecule has 3 nitrogen and oxygen atoms in total. The Labute approximate surface area is 123 Å². The predicted octanol–water partition coefficient (Wildman–Crippen LogP) is 4.02. The predicted molar refractivity (Wildman–Crippen MR) is 77.9 cm³/mol. The topological polar surface area (TPSA) is 35.5 Å². The normalized spacial score (nSPS) is 11.7. The van der Waals surface area contributed by atoms with Crippen LogP contribution in [-0.4, -0.2) is 12.6 Å². The van der Waals surface area contributed by atoms with Crippen LogP contribution in [0, 0.1) is 0 Å². The van der Waals surface area contributed by atoms with E-state index < -0.39 is 0 Å². The average Bonchev–Trinajstić information content (AvgIpc) is 2.46. The van der Waals surface area contributed by atoms with Crippen LogP contribution in [0.5, 0.6) is 5.75 Å². The minimum atomic E-state index is -0.346. The SMILES string of the molecule is CC(=O)OCC(Oc1ccc(Cl)cc1)c1ccccc1. The molecule has 0 heterocycles. The summed E-state index contributed by atoms with van der Waals surface area (Å²) in [6.45, 7) is 1.55. The molecule has 4 heteroatoms. The Bertz CT molecular complexity index is 552. The van der Waals surface area contributed by atoms with E-state index in [9.17, 15) is 4.79 Å². The molecule has 0 saturated carbocycles. The van der Waals surface area contributed by atoms with Crippen LogP contribution in [0.15, 0.2) is 54.6 Å². The van der Waals surface area contributed by atoms with Gasteiger partial charge >= 0.3 is 5.97 Å². The van der Waals surface area contributed by atoms with Crippen LogP contribution in [0.4, 0.5) is 0 Å². The number of rotatable bonds is 5. The van der Waals surface area contributed by atoms with Crippen molar-refractivity contribution in [3.8, 4) is 5.75 Å². The highest BCUT2D eigenvalue weighted by atomic mass is 35.5. The Hall–Kier alpha value is -2.00. The van der Waals surface area contributed by atoms with Crippen molar-refractivity contribution in [2.24, 2.45) is 0 Å². The van der Waals surface area contributed by atoms with Crippen molar-refractivity contribution in [1.29, 1.82) is 0 Å². The van der Waals surface area contributed by atoms with E-state index >= 15 is 0 Å². The van der Waals surface area contributed by atoms with Crippen LogP contribution in [0.2, 0.25) is 5.02 Å². The summed E-state index contributed by atoms with van der Waals surface area (Å²) < 4.78 is 10.9. The molecular weight excluding hydrogens is 276 g/mol. The van der Waals surface area contributed by atoms with Crippen molar-refractivity contribution in [3.63, 3.8) is 0 Å². The molecule has 0 aromatic heterocycles. The molecule has 0 aliphatic rings. The van der Waals surface area contributed by atoms with Crippen molar-refractivity contribution < 1.29 is 14.3 Å². The number of hydrogen-bond acceptors (Lipinski definition) is 3. The summed E-state index contributed by atoms with van der Waals surface area (Å²) in [6, 6.07) is 16.7. The molecule has 0 N–H and O–H groups in total. The van der Waals surface area contributed by atoms with E-state index in [4.69, 9.17) is 21.1 Å². The monoisotopic (exact) mass is 290 g/mol. The fourth-order valence-electron chi connectivity index (χ4n) is 1.74. The van der Waals surface area contributed by atoms with Gasteiger partial charge in [-0.1, -0.05) is 41.9 Å². The summed E-state index contributed by atoms with van der Waals surface area (Å²) in [7, 11) is 0. The van der Waals surface area contributed by atoms with Gasteiger partial charge in [-0.05, 0) is 29.8 Å². The largest absolute Gasteiger partial charge is 0.482 e. The van der Waals surface area contributed by atoms with E-state index in [2.05, 4.69) is 0 Å². The highest BCUT2D eigenvalue weighted by Crippen LogP contribution is 2.23. The molecule has 0 spiro atoms. The Balaban J connectivity index is 2.13. The van der Waals surface area contributed by atoms with Gasteiger partial charge in [0.2, 0.25) is 0 Å². The minimum Gasteiger partial charge on any atom is -0.482 e. The summed E-state index contributed by atoms with van der Waals surface area (Å²) >= 11 is 5.84. The summed E-state index contributed by atoms with van der Waals surface area (Å²) in [5.41, 5.74) is 0.948. The van der Waals surface area contributed by atoms with Gasteiger partial charge in [0, 0.05) is 11.9 Å². The van der Waals surface area contributed by atoms with Gasteiger partial charge in [0.05, 0.1) is 0 Å². The molecule has 2 rings (SSSR count). The Morgan fingerprint density at radius 1 is 1.10 bits per heavy atom. The summed E-state index contributed by atoms with van der Waals surface area (Å²) in [6.07, 6.45) is -0.346. The third kappa shape index (κ3) is 4.28. The Kier molecular flexibility index (Phi) is 5.02. The molecule has 2 aromatic carbocycles. The third-order valence-corrected chi connectivity index (χ3v) is 2.95. The number of hydrogen-bond donors (Lipinski definition) is 0. The van der Waals surface area contributed by atoms with Crippen molar-refractivity contribution >= 4 is 17.6 Å². The van der Waals surface area contributed by atoms with E-state index in [-0.39, 0.29) is 18.7 Å². The first-order valence-electron chi connectivity index (χ1n) is 6.25. The summed E-state index contributed by atoms with van der Waals surface area (Å²) in [5, 5.41) is 0.647. The third-order valence-electron chi connectivity index (χ3n) is 2.70. The minimum absolute atomic E-state index is 0.169. The quantitative estimate of drug-likeness (QED) is 0.780. The van der Waals surface area contributed by atoms with Gasteiger partial charge in [-0.2, -0.15) is 0 Å². The molecule has 1 unspecified atom stereocenters. The van der Waals surface area contributed by atoms with E-state index in [1.165, 1.54) is 6.92 Å². The maximum absolute atomic E-state index is 11.0. The number of halogens is 1. The lowest BCUT2D eigenvalue weighted by atomic mass is 10.1. The van der Waals surface area contributed by atoms with Gasteiger partial charge in [-0.3, -0.25) is 4.79 Å². The molecular formula is C16H15ClO3. The molecule has 104 valence electrons. The van der Waals surface area contributed by atoms with E-state index in [1.54, 1.807) is 24.3 Å². The van der Waals surface area contributed by atoms with Crippen molar-refractivity contribution in [1.82, 2.24) is 0 Å².